The number of hydrogen-bond acceptors (Lipinski definition) is 3. The van der Waals surface area contributed by atoms with Crippen molar-refractivity contribution in [3.63, 3.8) is 0 Å². The molecule has 278 valence electrons. The van der Waals surface area contributed by atoms with E-state index in [9.17, 15) is 0 Å². The third-order valence-electron chi connectivity index (χ3n) is 11.7. The Morgan fingerprint density at radius 1 is 0.621 bits per heavy atom. The molecule has 0 radical (unpaired) electrons. The normalized spacial score (nSPS) is 17.6. The van der Waals surface area contributed by atoms with Crippen molar-refractivity contribution in [3.05, 3.63) is 219 Å². The van der Waals surface area contributed by atoms with Gasteiger partial charge in [0.15, 0.2) is 0 Å². The molecule has 4 nitrogen and oxygen atoms in total. The maximum atomic E-state index is 4.82. The van der Waals surface area contributed by atoms with Gasteiger partial charge in [0.1, 0.15) is 0 Å². The molecule has 0 amide bonds. The first-order chi connectivity index (χ1) is 28.6. The molecule has 8 aromatic rings. The predicted molar refractivity (Wildman–Crippen MR) is 246 cm³/mol. The number of aromatic nitrogens is 2. The summed E-state index contributed by atoms with van der Waals surface area (Å²) in [7, 11) is 0. The van der Waals surface area contributed by atoms with E-state index in [2.05, 4.69) is 199 Å². The molecule has 3 heterocycles. The highest BCUT2D eigenvalue weighted by Gasteiger charge is 2.23. The van der Waals surface area contributed by atoms with Gasteiger partial charge in [0.25, 0.3) is 0 Å². The summed E-state index contributed by atoms with van der Waals surface area (Å²) in [5.74, 6) is 0.338. The first kappa shape index (κ1) is 35.1. The number of nitrogens with zero attached hydrogens (tertiary/aromatic N) is 4. The quantitative estimate of drug-likeness (QED) is 0.138. The van der Waals surface area contributed by atoms with Gasteiger partial charge in [-0.1, -0.05) is 127 Å². The summed E-state index contributed by atoms with van der Waals surface area (Å²) in [6.07, 6.45) is 17.8. The van der Waals surface area contributed by atoms with Gasteiger partial charge in [0, 0.05) is 57.5 Å². The Hall–Kier alpha value is -7.30. The highest BCUT2D eigenvalue weighted by molar-refractivity contribution is 6.10. The monoisotopic (exact) mass is 746 g/mol. The van der Waals surface area contributed by atoms with Crippen LogP contribution in [-0.2, 0) is 0 Å². The molecule has 0 bridgehead atoms. The second-order valence-electron chi connectivity index (χ2n) is 15.1. The van der Waals surface area contributed by atoms with E-state index in [1.807, 2.05) is 24.6 Å². The summed E-state index contributed by atoms with van der Waals surface area (Å²) in [5, 5.41) is 4.84. The van der Waals surface area contributed by atoms with Crippen LogP contribution in [0, 0.1) is 11.8 Å². The number of rotatable bonds is 9. The van der Waals surface area contributed by atoms with E-state index in [-0.39, 0.29) is 17.9 Å². The van der Waals surface area contributed by atoms with E-state index in [4.69, 9.17) is 9.98 Å². The molecule has 1 aliphatic heterocycles. The predicted octanol–water partition coefficient (Wildman–Crippen LogP) is 13.6. The van der Waals surface area contributed by atoms with Gasteiger partial charge in [-0.25, -0.2) is 0 Å². The van der Waals surface area contributed by atoms with Gasteiger partial charge in [-0.3, -0.25) is 9.98 Å². The molecule has 3 unspecified atom stereocenters. The van der Waals surface area contributed by atoms with E-state index < -0.39 is 0 Å². The number of fused-ring (bicyclic) bond motifs is 4. The van der Waals surface area contributed by atoms with Crippen molar-refractivity contribution in [1.82, 2.24) is 9.55 Å². The Morgan fingerprint density at radius 2 is 1.29 bits per heavy atom. The van der Waals surface area contributed by atoms with Gasteiger partial charge >= 0.3 is 0 Å². The zero-order valence-corrected chi connectivity index (χ0v) is 32.2. The standard InChI is InChI=1S/C54H42N4/c1-3-37-33-51(55-35-38(37)4-2)40-20-27-47(28-21-40)57(48-29-22-41(23-30-48)52-34-42-12-8-9-13-44(42)36-56-52)46-25-18-39(19-26-46)43-24-31-54-50(32-43)49-16-10-11-17-53(49)58(54)45-14-6-5-7-15-45/h3-29,31-38,48H,1-2,30H2. The molecule has 0 fully saturated rings. The second-order valence-corrected chi connectivity index (χ2v) is 15.1. The lowest BCUT2D eigenvalue weighted by Crippen LogP contribution is -2.30. The Kier molecular flexibility index (Phi) is 9.08. The van der Waals surface area contributed by atoms with Crippen LogP contribution in [0.5, 0.6) is 0 Å². The van der Waals surface area contributed by atoms with Crippen LogP contribution in [0.1, 0.15) is 17.7 Å². The van der Waals surface area contributed by atoms with E-state index in [0.29, 0.717) is 0 Å². The van der Waals surface area contributed by atoms with Crippen molar-refractivity contribution in [2.45, 2.75) is 12.5 Å². The number of para-hydroxylation sites is 2. The van der Waals surface area contributed by atoms with Crippen LogP contribution in [0.3, 0.4) is 0 Å². The van der Waals surface area contributed by atoms with Crippen molar-refractivity contribution in [3.8, 4) is 16.8 Å². The van der Waals surface area contributed by atoms with Gasteiger partial charge in [0.05, 0.1) is 28.5 Å². The van der Waals surface area contributed by atoms with Gasteiger partial charge in [-0.05, 0) is 94.7 Å². The minimum atomic E-state index is 0.104. The van der Waals surface area contributed by atoms with Crippen LogP contribution in [0.4, 0.5) is 11.4 Å². The second kappa shape index (κ2) is 15.0. The number of allylic oxidation sites excluding steroid dienone is 5. The van der Waals surface area contributed by atoms with Crippen molar-refractivity contribution in [1.29, 1.82) is 0 Å². The lowest BCUT2D eigenvalue weighted by atomic mass is 9.89. The SMILES string of the molecule is C=CC1C=NC(c2ccc(N(c3ccc(-c4ccc5c(c4)c4ccccc4n5-c4ccccc4)cc3)C3C=CC(c4cc5ccccc5cn4)=CC3)cc2)=CC1C=C. The van der Waals surface area contributed by atoms with Crippen LogP contribution in [0.15, 0.2) is 212 Å². The molecule has 0 saturated heterocycles. The average molecular weight is 747 g/mol. The molecule has 0 N–H and O–H groups in total. The number of aliphatic imine (C=N–C) groups is 1. The van der Waals surface area contributed by atoms with Gasteiger partial charge < -0.3 is 9.47 Å². The molecule has 58 heavy (non-hydrogen) atoms. The van der Waals surface area contributed by atoms with E-state index in [0.717, 1.165) is 51.4 Å². The summed E-state index contributed by atoms with van der Waals surface area (Å²) < 4.78 is 2.36. The van der Waals surface area contributed by atoms with E-state index >= 15 is 0 Å². The van der Waals surface area contributed by atoms with Crippen molar-refractivity contribution in [2.75, 3.05) is 4.90 Å². The molecule has 0 spiro atoms. The summed E-state index contributed by atoms with van der Waals surface area (Å²) in [4.78, 5) is 12.1. The molecule has 10 rings (SSSR count). The first-order valence-electron chi connectivity index (χ1n) is 20.0. The fourth-order valence-corrected chi connectivity index (χ4v) is 8.60. The van der Waals surface area contributed by atoms with Crippen LogP contribution in [0.2, 0.25) is 0 Å². The lowest BCUT2D eigenvalue weighted by molar-refractivity contribution is 0.719. The summed E-state index contributed by atoms with van der Waals surface area (Å²) >= 11 is 0. The van der Waals surface area contributed by atoms with Gasteiger partial charge in [-0.15, -0.1) is 13.2 Å². The van der Waals surface area contributed by atoms with Crippen LogP contribution >= 0.6 is 0 Å². The van der Waals surface area contributed by atoms with Gasteiger partial charge in [0.2, 0.25) is 0 Å². The Balaban J connectivity index is 0.994. The molecule has 2 aliphatic rings. The van der Waals surface area contributed by atoms with Crippen LogP contribution < -0.4 is 4.90 Å². The molecule has 2 aromatic heterocycles. The smallest absolute Gasteiger partial charge is 0.0705 e. The fourth-order valence-electron chi connectivity index (χ4n) is 8.60. The van der Waals surface area contributed by atoms with Crippen LogP contribution in [0.25, 0.3) is 60.7 Å². The topological polar surface area (TPSA) is 33.4 Å². The van der Waals surface area contributed by atoms with Crippen LogP contribution in [-0.4, -0.2) is 21.8 Å². The van der Waals surface area contributed by atoms with Gasteiger partial charge in [-0.2, -0.15) is 0 Å². The molecule has 3 atom stereocenters. The molecule has 0 saturated carbocycles. The Morgan fingerprint density at radius 3 is 2.03 bits per heavy atom. The summed E-state index contributed by atoms with van der Waals surface area (Å²) in [6, 6.07) is 54.7. The van der Waals surface area contributed by atoms with Crippen molar-refractivity contribution >= 4 is 61.4 Å². The lowest BCUT2D eigenvalue weighted by Gasteiger charge is -2.33. The number of hydrogen-bond donors (Lipinski definition) is 0. The highest BCUT2D eigenvalue weighted by atomic mass is 15.2. The third kappa shape index (κ3) is 6.39. The van der Waals surface area contributed by atoms with Crippen molar-refractivity contribution < 1.29 is 0 Å². The summed E-state index contributed by atoms with van der Waals surface area (Å²) in [6.45, 7) is 8.04. The highest BCUT2D eigenvalue weighted by Crippen LogP contribution is 2.38. The summed E-state index contributed by atoms with van der Waals surface area (Å²) in [5.41, 5.74) is 12.4. The minimum absolute atomic E-state index is 0.104. The maximum absolute atomic E-state index is 4.82. The molecular weight excluding hydrogens is 705 g/mol. The number of benzene rings is 6. The van der Waals surface area contributed by atoms with E-state index in [1.54, 1.807) is 0 Å². The fraction of sp³-hybridized carbons (Fsp3) is 0.0741. The average Bonchev–Trinajstić information content (AvgIpc) is 3.63. The maximum Gasteiger partial charge on any atom is 0.0705 e. The van der Waals surface area contributed by atoms with Crippen molar-refractivity contribution in [2.24, 2.45) is 16.8 Å². The molecule has 1 aliphatic carbocycles. The Bertz CT molecular complexity index is 2960. The number of pyridine rings is 1. The zero-order chi connectivity index (χ0) is 39.0. The number of anilines is 2. The molecule has 6 aromatic carbocycles. The Labute approximate surface area is 339 Å². The largest absolute Gasteiger partial charge is 0.334 e. The third-order valence-corrected chi connectivity index (χ3v) is 11.7. The van der Waals surface area contributed by atoms with E-state index in [1.165, 1.54) is 38.3 Å². The zero-order valence-electron chi connectivity index (χ0n) is 32.2. The molecule has 4 heteroatoms. The first-order valence-corrected chi connectivity index (χ1v) is 20.0. The molecular formula is C54H42N4. The minimum Gasteiger partial charge on any atom is -0.334 e.